The molecule has 0 aliphatic rings. The number of urea groups is 1. The highest BCUT2D eigenvalue weighted by Crippen LogP contribution is 2.02. The second-order valence-electron chi connectivity index (χ2n) is 4.41. The van der Waals surface area contributed by atoms with Gasteiger partial charge in [-0.05, 0) is 19.1 Å². The summed E-state index contributed by atoms with van der Waals surface area (Å²) in [4.78, 5) is 27.8. The van der Waals surface area contributed by atoms with Crippen LogP contribution in [0.4, 0.5) is 4.79 Å². The first kappa shape index (κ1) is 14.9. The van der Waals surface area contributed by atoms with Crippen molar-refractivity contribution in [3.8, 4) is 0 Å². The number of amides is 2. The monoisotopic (exact) mass is 267 g/mol. The molecule has 0 spiro atoms. The van der Waals surface area contributed by atoms with Crippen molar-refractivity contribution in [2.24, 2.45) is 0 Å². The number of rotatable bonds is 5. The van der Waals surface area contributed by atoms with Crippen LogP contribution in [0.3, 0.4) is 0 Å². The Balaban J connectivity index is 2.48. The van der Waals surface area contributed by atoms with E-state index in [1.54, 1.807) is 25.4 Å². The van der Waals surface area contributed by atoms with Gasteiger partial charge in [0.15, 0.2) is 5.60 Å². The van der Waals surface area contributed by atoms with Crippen LogP contribution < -0.4 is 5.32 Å². The SMILES string of the molecule is CN(Cc1ccccn1)C(=O)NCC(C)(O)C(=O)O. The summed E-state index contributed by atoms with van der Waals surface area (Å²) in [7, 11) is 1.56. The molecule has 0 bridgehead atoms. The summed E-state index contributed by atoms with van der Waals surface area (Å²) in [5.41, 5.74) is -1.27. The number of hydrogen-bond donors (Lipinski definition) is 3. The van der Waals surface area contributed by atoms with Crippen molar-refractivity contribution >= 4 is 12.0 Å². The quantitative estimate of drug-likeness (QED) is 0.700. The van der Waals surface area contributed by atoms with Gasteiger partial charge < -0.3 is 20.4 Å². The largest absolute Gasteiger partial charge is 0.479 e. The van der Waals surface area contributed by atoms with Crippen molar-refractivity contribution in [3.05, 3.63) is 30.1 Å². The summed E-state index contributed by atoms with van der Waals surface area (Å²) in [6.45, 7) is 1.05. The first-order chi connectivity index (χ1) is 8.83. The molecule has 19 heavy (non-hydrogen) atoms. The number of carbonyl (C=O) groups excluding carboxylic acids is 1. The Kier molecular flexibility index (Phi) is 4.82. The van der Waals surface area contributed by atoms with Crippen LogP contribution in [0.5, 0.6) is 0 Å². The van der Waals surface area contributed by atoms with Gasteiger partial charge in [-0.2, -0.15) is 0 Å². The molecule has 1 aromatic rings. The molecule has 1 unspecified atom stereocenters. The van der Waals surface area contributed by atoms with Crippen molar-refractivity contribution in [3.63, 3.8) is 0 Å². The molecule has 1 rings (SSSR count). The van der Waals surface area contributed by atoms with Crippen LogP contribution in [0.15, 0.2) is 24.4 Å². The lowest BCUT2D eigenvalue weighted by Gasteiger charge is -2.22. The lowest BCUT2D eigenvalue weighted by molar-refractivity contribution is -0.155. The van der Waals surface area contributed by atoms with E-state index < -0.39 is 17.6 Å². The first-order valence-electron chi connectivity index (χ1n) is 5.67. The highest BCUT2D eigenvalue weighted by molar-refractivity contribution is 5.79. The summed E-state index contributed by atoms with van der Waals surface area (Å²) in [6, 6.07) is 4.88. The molecule has 0 fully saturated rings. The third-order valence-corrected chi connectivity index (χ3v) is 2.52. The van der Waals surface area contributed by atoms with Gasteiger partial charge in [0, 0.05) is 13.2 Å². The Morgan fingerprint density at radius 2 is 2.16 bits per heavy atom. The van der Waals surface area contributed by atoms with Gasteiger partial charge in [0.2, 0.25) is 0 Å². The van der Waals surface area contributed by atoms with Crippen LogP contribution in [0.25, 0.3) is 0 Å². The average molecular weight is 267 g/mol. The molecule has 7 nitrogen and oxygen atoms in total. The Hall–Kier alpha value is -2.15. The third-order valence-electron chi connectivity index (χ3n) is 2.52. The minimum atomic E-state index is -1.98. The summed E-state index contributed by atoms with van der Waals surface area (Å²) in [5.74, 6) is -1.39. The number of hydrogen-bond acceptors (Lipinski definition) is 4. The molecule has 0 aliphatic carbocycles. The predicted octanol–water partition coefficient (Wildman–Crippen LogP) is 0.0586. The molecule has 0 aromatic carbocycles. The minimum Gasteiger partial charge on any atom is -0.479 e. The molecule has 2 amide bonds. The number of nitrogens with one attached hydrogen (secondary N) is 1. The number of aliphatic hydroxyl groups is 1. The summed E-state index contributed by atoms with van der Waals surface area (Å²) < 4.78 is 0. The van der Waals surface area contributed by atoms with Gasteiger partial charge in [0.1, 0.15) is 0 Å². The molecule has 1 aromatic heterocycles. The molecule has 1 atom stereocenters. The zero-order chi connectivity index (χ0) is 14.5. The van der Waals surface area contributed by atoms with Crippen molar-refractivity contribution in [2.75, 3.05) is 13.6 Å². The van der Waals surface area contributed by atoms with Gasteiger partial charge in [-0.3, -0.25) is 4.98 Å². The maximum absolute atomic E-state index is 11.7. The van der Waals surface area contributed by atoms with Crippen LogP contribution in [0, 0.1) is 0 Å². The molecular formula is C12H17N3O4. The number of carbonyl (C=O) groups is 2. The standard InChI is InChI=1S/C12H17N3O4/c1-12(19,10(16)17)8-14-11(18)15(2)7-9-5-3-4-6-13-9/h3-6,19H,7-8H2,1-2H3,(H,14,18)(H,16,17). The van der Waals surface area contributed by atoms with Gasteiger partial charge in [-0.15, -0.1) is 0 Å². The first-order valence-corrected chi connectivity index (χ1v) is 5.67. The number of pyridine rings is 1. The molecule has 0 aliphatic heterocycles. The zero-order valence-corrected chi connectivity index (χ0v) is 10.8. The van der Waals surface area contributed by atoms with Crippen molar-refractivity contribution in [2.45, 2.75) is 19.1 Å². The molecule has 3 N–H and O–H groups in total. The van der Waals surface area contributed by atoms with E-state index in [0.717, 1.165) is 6.92 Å². The maximum Gasteiger partial charge on any atom is 0.337 e. The zero-order valence-electron chi connectivity index (χ0n) is 10.8. The van der Waals surface area contributed by atoms with Crippen LogP contribution in [0.2, 0.25) is 0 Å². The summed E-state index contributed by atoms with van der Waals surface area (Å²) in [5, 5.41) is 20.5. The number of nitrogens with zero attached hydrogens (tertiary/aromatic N) is 2. The van der Waals surface area contributed by atoms with Crippen molar-refractivity contribution < 1.29 is 19.8 Å². The minimum absolute atomic E-state index is 0.294. The Bertz CT molecular complexity index is 448. The molecule has 104 valence electrons. The number of aliphatic carboxylic acids is 1. The smallest absolute Gasteiger partial charge is 0.337 e. The van der Waals surface area contributed by atoms with E-state index in [9.17, 15) is 14.7 Å². The second kappa shape index (κ2) is 6.14. The van der Waals surface area contributed by atoms with Crippen LogP contribution in [0.1, 0.15) is 12.6 Å². The van der Waals surface area contributed by atoms with Gasteiger partial charge in [0.25, 0.3) is 0 Å². The van der Waals surface area contributed by atoms with E-state index in [-0.39, 0.29) is 6.54 Å². The van der Waals surface area contributed by atoms with E-state index in [1.165, 1.54) is 4.90 Å². The molecule has 1 heterocycles. The molecule has 0 radical (unpaired) electrons. The molecule has 0 saturated heterocycles. The van der Waals surface area contributed by atoms with Crippen LogP contribution >= 0.6 is 0 Å². The van der Waals surface area contributed by atoms with Gasteiger partial charge in [-0.25, -0.2) is 9.59 Å². The summed E-state index contributed by atoms with van der Waals surface area (Å²) in [6.07, 6.45) is 1.62. The number of aromatic nitrogens is 1. The van der Waals surface area contributed by atoms with E-state index in [2.05, 4.69) is 10.3 Å². The van der Waals surface area contributed by atoms with Gasteiger partial charge in [0.05, 0.1) is 18.8 Å². The molecule has 0 saturated carbocycles. The van der Waals surface area contributed by atoms with E-state index >= 15 is 0 Å². The van der Waals surface area contributed by atoms with E-state index in [0.29, 0.717) is 12.2 Å². The Morgan fingerprint density at radius 1 is 1.47 bits per heavy atom. The highest BCUT2D eigenvalue weighted by Gasteiger charge is 2.30. The lowest BCUT2D eigenvalue weighted by Crippen LogP contribution is -2.49. The molecule has 7 heteroatoms. The normalized spacial score (nSPS) is 13.4. The second-order valence-corrected chi connectivity index (χ2v) is 4.41. The topological polar surface area (TPSA) is 103 Å². The Morgan fingerprint density at radius 3 is 2.68 bits per heavy atom. The van der Waals surface area contributed by atoms with Crippen LogP contribution in [-0.4, -0.2) is 51.3 Å². The van der Waals surface area contributed by atoms with Gasteiger partial charge >= 0.3 is 12.0 Å². The lowest BCUT2D eigenvalue weighted by atomic mass is 10.1. The highest BCUT2D eigenvalue weighted by atomic mass is 16.4. The van der Waals surface area contributed by atoms with Gasteiger partial charge in [-0.1, -0.05) is 6.07 Å². The van der Waals surface area contributed by atoms with E-state index in [4.69, 9.17) is 5.11 Å². The average Bonchev–Trinajstić information content (AvgIpc) is 2.37. The Labute approximate surface area is 110 Å². The van der Waals surface area contributed by atoms with Crippen LogP contribution in [-0.2, 0) is 11.3 Å². The van der Waals surface area contributed by atoms with Crippen molar-refractivity contribution in [1.29, 1.82) is 0 Å². The summed E-state index contributed by atoms with van der Waals surface area (Å²) >= 11 is 0. The van der Waals surface area contributed by atoms with E-state index in [1.807, 2.05) is 6.07 Å². The maximum atomic E-state index is 11.7. The third kappa shape index (κ3) is 4.55. The fourth-order valence-electron chi connectivity index (χ4n) is 1.26. The molecular weight excluding hydrogens is 250 g/mol. The van der Waals surface area contributed by atoms with Crippen molar-refractivity contribution in [1.82, 2.24) is 15.2 Å². The predicted molar refractivity (Wildman–Crippen MR) is 67.4 cm³/mol. The number of carboxylic acids is 1. The fraction of sp³-hybridized carbons (Fsp3) is 0.417. The number of carboxylic acid groups (broad SMARTS) is 1. The fourth-order valence-corrected chi connectivity index (χ4v) is 1.26.